The van der Waals surface area contributed by atoms with Gasteiger partial charge in [0.05, 0.1) is 10.6 Å². The highest BCUT2D eigenvalue weighted by Gasteiger charge is 2.13. The van der Waals surface area contributed by atoms with Crippen molar-refractivity contribution in [1.29, 1.82) is 0 Å². The van der Waals surface area contributed by atoms with Gasteiger partial charge in [-0.3, -0.25) is 4.99 Å². The number of hydrogen-bond acceptors (Lipinski definition) is 3. The number of aliphatic imine (C=N–C) groups is 1. The molecule has 2 N–H and O–H groups in total. The fourth-order valence-corrected chi connectivity index (χ4v) is 4.34. The Morgan fingerprint density at radius 2 is 1.76 bits per heavy atom. The van der Waals surface area contributed by atoms with Crippen LogP contribution in [0, 0.1) is 0 Å². The Morgan fingerprint density at radius 3 is 2.55 bits per heavy atom. The summed E-state index contributed by atoms with van der Waals surface area (Å²) in [6, 6.07) is 19.0. The first kappa shape index (κ1) is 20.9. The van der Waals surface area contributed by atoms with Crippen LogP contribution in [-0.4, -0.2) is 44.3 Å². The summed E-state index contributed by atoms with van der Waals surface area (Å²) in [4.78, 5) is 4.92. The summed E-state index contributed by atoms with van der Waals surface area (Å²) in [5.41, 5.74) is 1.23. The molecule has 0 radical (unpaired) electrons. The summed E-state index contributed by atoms with van der Waals surface area (Å²) in [6.45, 7) is 4.57. The van der Waals surface area contributed by atoms with Crippen LogP contribution in [0.1, 0.15) is 13.3 Å². The zero-order valence-corrected chi connectivity index (χ0v) is 17.5. The molecule has 7 heteroatoms. The second-order valence-corrected chi connectivity index (χ2v) is 8.85. The lowest BCUT2D eigenvalue weighted by Crippen LogP contribution is -2.39. The molecule has 0 saturated carbocycles. The van der Waals surface area contributed by atoms with E-state index in [4.69, 9.17) is 0 Å². The van der Waals surface area contributed by atoms with E-state index < -0.39 is 9.84 Å². The minimum Gasteiger partial charge on any atom is -0.357 e. The van der Waals surface area contributed by atoms with E-state index in [1.165, 1.54) is 10.9 Å². The zero-order chi connectivity index (χ0) is 20.5. The van der Waals surface area contributed by atoms with Crippen molar-refractivity contribution in [1.82, 2.24) is 15.2 Å². The van der Waals surface area contributed by atoms with Gasteiger partial charge in [-0.25, -0.2) is 8.42 Å². The maximum absolute atomic E-state index is 12.4. The molecule has 154 valence electrons. The minimum absolute atomic E-state index is 0.0246. The molecular formula is C22H28N4O2S. The molecule has 1 heterocycles. The average molecular weight is 413 g/mol. The minimum atomic E-state index is -3.30. The molecule has 0 aliphatic heterocycles. The molecule has 0 amide bonds. The van der Waals surface area contributed by atoms with Crippen LogP contribution < -0.4 is 10.6 Å². The Kier molecular flexibility index (Phi) is 7.30. The summed E-state index contributed by atoms with van der Waals surface area (Å²) >= 11 is 0. The monoisotopic (exact) mass is 412 g/mol. The largest absolute Gasteiger partial charge is 0.357 e. The molecule has 0 atom stereocenters. The van der Waals surface area contributed by atoms with Gasteiger partial charge in [-0.05, 0) is 43.0 Å². The van der Waals surface area contributed by atoms with Crippen molar-refractivity contribution in [3.8, 4) is 0 Å². The number of rotatable bonds is 9. The third kappa shape index (κ3) is 5.84. The van der Waals surface area contributed by atoms with Crippen molar-refractivity contribution >= 4 is 26.7 Å². The third-order valence-electron chi connectivity index (χ3n) is 4.62. The second kappa shape index (κ2) is 10.1. The molecule has 6 nitrogen and oxygen atoms in total. The normalized spacial score (nSPS) is 12.2. The number of fused-ring (bicyclic) bond motifs is 1. The highest BCUT2D eigenvalue weighted by molar-refractivity contribution is 7.91. The maximum atomic E-state index is 12.4. The molecule has 29 heavy (non-hydrogen) atoms. The number of benzene rings is 2. The molecular weight excluding hydrogens is 384 g/mol. The van der Waals surface area contributed by atoms with E-state index in [9.17, 15) is 8.42 Å². The van der Waals surface area contributed by atoms with Gasteiger partial charge < -0.3 is 15.2 Å². The third-order valence-corrected chi connectivity index (χ3v) is 6.35. The SMILES string of the molecule is CCNC(=NCCCn1ccc2ccccc21)NCCS(=O)(=O)c1ccccc1. The van der Waals surface area contributed by atoms with Crippen molar-refractivity contribution in [2.24, 2.45) is 4.99 Å². The van der Waals surface area contributed by atoms with Gasteiger partial charge in [-0.2, -0.15) is 0 Å². The van der Waals surface area contributed by atoms with Gasteiger partial charge in [0.15, 0.2) is 15.8 Å². The Hall–Kier alpha value is -2.80. The molecule has 0 spiro atoms. The molecule has 0 fully saturated rings. The number of para-hydroxylation sites is 1. The number of sulfone groups is 1. The predicted molar refractivity (Wildman–Crippen MR) is 119 cm³/mol. The molecule has 2 aromatic carbocycles. The van der Waals surface area contributed by atoms with Gasteiger partial charge in [0.1, 0.15) is 0 Å². The van der Waals surface area contributed by atoms with Gasteiger partial charge in [0.25, 0.3) is 0 Å². The Bertz CT molecular complexity index is 1040. The van der Waals surface area contributed by atoms with Crippen molar-refractivity contribution in [2.75, 3.05) is 25.4 Å². The molecule has 0 aliphatic rings. The molecule has 0 bridgehead atoms. The van der Waals surface area contributed by atoms with Crippen LogP contribution in [0.5, 0.6) is 0 Å². The van der Waals surface area contributed by atoms with E-state index in [0.29, 0.717) is 23.9 Å². The predicted octanol–water partition coefficient (Wildman–Crippen LogP) is 3.06. The van der Waals surface area contributed by atoms with Crippen molar-refractivity contribution in [3.63, 3.8) is 0 Å². The topological polar surface area (TPSA) is 75.5 Å². The quantitative estimate of drug-likeness (QED) is 0.322. The summed E-state index contributed by atoms with van der Waals surface area (Å²) in [6.07, 6.45) is 3.00. The van der Waals surface area contributed by atoms with Crippen molar-refractivity contribution in [3.05, 3.63) is 66.9 Å². The van der Waals surface area contributed by atoms with Crippen molar-refractivity contribution in [2.45, 2.75) is 24.8 Å². The van der Waals surface area contributed by atoms with Crippen LogP contribution in [0.2, 0.25) is 0 Å². The van der Waals surface area contributed by atoms with Gasteiger partial charge in [0, 0.05) is 37.9 Å². The molecule has 0 unspecified atom stereocenters. The van der Waals surface area contributed by atoms with Crippen LogP contribution in [0.15, 0.2) is 76.7 Å². The second-order valence-electron chi connectivity index (χ2n) is 6.74. The lowest BCUT2D eigenvalue weighted by Gasteiger charge is -2.12. The molecule has 1 aromatic heterocycles. The lowest BCUT2D eigenvalue weighted by atomic mass is 10.2. The Labute approximate surface area is 172 Å². The number of guanidine groups is 1. The van der Waals surface area contributed by atoms with Gasteiger partial charge in [-0.1, -0.05) is 36.4 Å². The summed E-state index contributed by atoms with van der Waals surface area (Å²) < 4.78 is 27.0. The smallest absolute Gasteiger partial charge is 0.191 e. The summed E-state index contributed by atoms with van der Waals surface area (Å²) in [7, 11) is -3.30. The zero-order valence-electron chi connectivity index (χ0n) is 16.7. The van der Waals surface area contributed by atoms with Gasteiger partial charge in [0.2, 0.25) is 0 Å². The Balaban J connectivity index is 1.49. The van der Waals surface area contributed by atoms with Crippen LogP contribution >= 0.6 is 0 Å². The number of aromatic nitrogens is 1. The van der Waals surface area contributed by atoms with E-state index in [1.807, 2.05) is 25.1 Å². The Morgan fingerprint density at radius 1 is 1.00 bits per heavy atom. The van der Waals surface area contributed by atoms with Crippen LogP contribution in [0.3, 0.4) is 0 Å². The van der Waals surface area contributed by atoms with Crippen LogP contribution in [-0.2, 0) is 16.4 Å². The van der Waals surface area contributed by atoms with Crippen molar-refractivity contribution < 1.29 is 8.42 Å². The van der Waals surface area contributed by atoms with E-state index in [0.717, 1.165) is 19.5 Å². The summed E-state index contributed by atoms with van der Waals surface area (Å²) in [5, 5.41) is 7.53. The lowest BCUT2D eigenvalue weighted by molar-refractivity contribution is 0.594. The highest BCUT2D eigenvalue weighted by atomic mass is 32.2. The fraction of sp³-hybridized carbons (Fsp3) is 0.318. The summed E-state index contributed by atoms with van der Waals surface area (Å²) in [5.74, 6) is 0.671. The first-order chi connectivity index (χ1) is 14.1. The van der Waals surface area contributed by atoms with Crippen LogP contribution in [0.4, 0.5) is 0 Å². The average Bonchev–Trinajstić information content (AvgIpc) is 3.15. The number of nitrogens with one attached hydrogen (secondary N) is 2. The number of aryl methyl sites for hydroxylation is 1. The molecule has 3 aromatic rings. The number of nitrogens with zero attached hydrogens (tertiary/aromatic N) is 2. The highest BCUT2D eigenvalue weighted by Crippen LogP contribution is 2.15. The standard InChI is InChI=1S/C22H28N4O2S/c1-2-23-22(25-15-18-29(27,28)20-10-4-3-5-11-20)24-14-8-16-26-17-13-19-9-6-7-12-21(19)26/h3-7,9-13,17H,2,8,14-16,18H2,1H3,(H2,23,24,25). The van der Waals surface area contributed by atoms with E-state index >= 15 is 0 Å². The first-order valence-electron chi connectivity index (χ1n) is 9.94. The molecule has 3 rings (SSSR count). The van der Waals surface area contributed by atoms with E-state index in [2.05, 4.69) is 44.6 Å². The first-order valence-corrected chi connectivity index (χ1v) is 11.6. The molecule has 0 saturated heterocycles. The van der Waals surface area contributed by atoms with E-state index in [1.54, 1.807) is 24.3 Å². The van der Waals surface area contributed by atoms with E-state index in [-0.39, 0.29) is 5.75 Å². The van der Waals surface area contributed by atoms with Gasteiger partial charge >= 0.3 is 0 Å². The fourth-order valence-electron chi connectivity index (χ4n) is 3.16. The van der Waals surface area contributed by atoms with Gasteiger partial charge in [-0.15, -0.1) is 0 Å². The maximum Gasteiger partial charge on any atom is 0.191 e. The molecule has 0 aliphatic carbocycles. The van der Waals surface area contributed by atoms with Crippen LogP contribution in [0.25, 0.3) is 10.9 Å². The number of hydrogen-bond donors (Lipinski definition) is 2.